The summed E-state index contributed by atoms with van der Waals surface area (Å²) >= 11 is 0. The van der Waals surface area contributed by atoms with Gasteiger partial charge in [0, 0.05) is 37.4 Å². The second-order valence-electron chi connectivity index (χ2n) is 5.02. The monoisotopic (exact) mass is 236 g/mol. The molecule has 4 heteroatoms. The quantitative estimate of drug-likeness (QED) is 0.842. The van der Waals surface area contributed by atoms with Crippen LogP contribution in [0.2, 0.25) is 0 Å². The molecule has 4 nitrogen and oxygen atoms in total. The van der Waals surface area contributed by atoms with Crippen LogP contribution in [0.4, 0.5) is 0 Å². The van der Waals surface area contributed by atoms with Gasteiger partial charge in [-0.2, -0.15) is 5.10 Å². The van der Waals surface area contributed by atoms with Crippen molar-refractivity contribution >= 4 is 0 Å². The van der Waals surface area contributed by atoms with Gasteiger partial charge in [-0.15, -0.1) is 0 Å². The average Bonchev–Trinajstić information content (AvgIpc) is 2.52. The van der Waals surface area contributed by atoms with Crippen LogP contribution in [0.1, 0.15) is 36.3 Å². The minimum atomic E-state index is 0.476. The molecule has 1 aliphatic rings. The van der Waals surface area contributed by atoms with Crippen molar-refractivity contribution in [3.8, 4) is 0 Å². The lowest BCUT2D eigenvalue weighted by Gasteiger charge is -2.27. The third-order valence-electron chi connectivity index (χ3n) is 3.91. The molecule has 1 unspecified atom stereocenters. The molecule has 0 aliphatic carbocycles. The molecule has 17 heavy (non-hydrogen) atoms. The van der Waals surface area contributed by atoms with E-state index in [2.05, 4.69) is 36.1 Å². The van der Waals surface area contributed by atoms with Crippen molar-refractivity contribution in [2.75, 3.05) is 26.2 Å². The molecule has 1 aromatic rings. The van der Waals surface area contributed by atoms with Crippen molar-refractivity contribution in [1.82, 2.24) is 20.0 Å². The molecular formula is C13H24N4. The molecule has 0 bridgehead atoms. The largest absolute Gasteiger partial charge is 0.315 e. The molecule has 0 amide bonds. The smallest absolute Gasteiger partial charge is 0.0644 e. The average molecular weight is 236 g/mol. The maximum Gasteiger partial charge on any atom is 0.0644 e. The molecule has 1 atom stereocenters. The van der Waals surface area contributed by atoms with Crippen molar-refractivity contribution in [3.63, 3.8) is 0 Å². The summed E-state index contributed by atoms with van der Waals surface area (Å²) in [6.07, 6.45) is 1.24. The number of rotatable bonds is 2. The Morgan fingerprint density at radius 2 is 2.00 bits per heavy atom. The Morgan fingerprint density at radius 3 is 2.65 bits per heavy atom. The highest BCUT2D eigenvalue weighted by Crippen LogP contribution is 2.26. The first kappa shape index (κ1) is 12.6. The van der Waals surface area contributed by atoms with Gasteiger partial charge < -0.3 is 5.32 Å². The number of aryl methyl sites for hydroxylation is 2. The highest BCUT2D eigenvalue weighted by molar-refractivity contribution is 5.27. The third-order valence-corrected chi connectivity index (χ3v) is 3.91. The molecule has 1 N–H and O–H groups in total. The van der Waals surface area contributed by atoms with Crippen molar-refractivity contribution < 1.29 is 0 Å². The summed E-state index contributed by atoms with van der Waals surface area (Å²) < 4.78 is 2.00. The number of nitrogens with one attached hydrogen (secondary N) is 1. The van der Waals surface area contributed by atoms with Gasteiger partial charge in [-0.25, -0.2) is 0 Å². The van der Waals surface area contributed by atoms with Gasteiger partial charge in [-0.1, -0.05) is 0 Å². The molecule has 2 heterocycles. The van der Waals surface area contributed by atoms with E-state index >= 15 is 0 Å². The lowest BCUT2D eigenvalue weighted by atomic mass is 10.0. The summed E-state index contributed by atoms with van der Waals surface area (Å²) in [5.74, 6) is 0. The van der Waals surface area contributed by atoms with Gasteiger partial charge in [-0.3, -0.25) is 9.58 Å². The lowest BCUT2D eigenvalue weighted by molar-refractivity contribution is 0.224. The van der Waals surface area contributed by atoms with Crippen LogP contribution in [0.15, 0.2) is 0 Å². The SMILES string of the molecule is Cc1nn(C)c(C)c1C(C)N1CCCNCC1. The van der Waals surface area contributed by atoms with Gasteiger partial charge in [-0.05, 0) is 40.3 Å². The van der Waals surface area contributed by atoms with Gasteiger partial charge >= 0.3 is 0 Å². The van der Waals surface area contributed by atoms with E-state index in [4.69, 9.17) is 0 Å². The van der Waals surface area contributed by atoms with Crippen molar-refractivity contribution in [2.24, 2.45) is 7.05 Å². The topological polar surface area (TPSA) is 33.1 Å². The fourth-order valence-electron chi connectivity index (χ4n) is 2.83. The molecule has 1 aliphatic heterocycles. The number of hydrogen-bond donors (Lipinski definition) is 1. The zero-order valence-electron chi connectivity index (χ0n) is 11.5. The molecule has 0 aromatic carbocycles. The molecule has 1 fully saturated rings. The van der Waals surface area contributed by atoms with E-state index in [1.54, 1.807) is 0 Å². The highest BCUT2D eigenvalue weighted by Gasteiger charge is 2.22. The van der Waals surface area contributed by atoms with Crippen LogP contribution >= 0.6 is 0 Å². The predicted molar refractivity (Wildman–Crippen MR) is 70.2 cm³/mol. The lowest BCUT2D eigenvalue weighted by Crippen LogP contribution is -2.31. The molecule has 96 valence electrons. The molecule has 0 radical (unpaired) electrons. The molecular weight excluding hydrogens is 212 g/mol. The van der Waals surface area contributed by atoms with Crippen LogP contribution in [0.25, 0.3) is 0 Å². The van der Waals surface area contributed by atoms with Crippen LogP contribution in [-0.4, -0.2) is 40.9 Å². The Bertz CT molecular complexity index is 375. The van der Waals surface area contributed by atoms with Gasteiger partial charge in [0.15, 0.2) is 0 Å². The van der Waals surface area contributed by atoms with Gasteiger partial charge in [0.25, 0.3) is 0 Å². The Labute approximate surface area is 104 Å². The molecule has 0 saturated carbocycles. The second-order valence-corrected chi connectivity index (χ2v) is 5.02. The van der Waals surface area contributed by atoms with E-state index in [1.807, 2.05) is 11.7 Å². The normalized spacial score (nSPS) is 20.2. The van der Waals surface area contributed by atoms with E-state index in [0.29, 0.717) is 6.04 Å². The first-order valence-corrected chi connectivity index (χ1v) is 6.56. The summed E-state index contributed by atoms with van der Waals surface area (Å²) in [5, 5.41) is 7.98. The zero-order valence-corrected chi connectivity index (χ0v) is 11.5. The van der Waals surface area contributed by atoms with Crippen molar-refractivity contribution in [3.05, 3.63) is 17.0 Å². The summed E-state index contributed by atoms with van der Waals surface area (Å²) in [6.45, 7) is 11.2. The van der Waals surface area contributed by atoms with Gasteiger partial charge in [0.05, 0.1) is 5.69 Å². The Morgan fingerprint density at radius 1 is 1.24 bits per heavy atom. The summed E-state index contributed by atoms with van der Waals surface area (Å²) in [5.41, 5.74) is 3.89. The Hall–Kier alpha value is -0.870. The molecule has 0 spiro atoms. The molecule has 1 saturated heterocycles. The van der Waals surface area contributed by atoms with Crippen LogP contribution in [0.5, 0.6) is 0 Å². The van der Waals surface area contributed by atoms with E-state index < -0.39 is 0 Å². The van der Waals surface area contributed by atoms with Gasteiger partial charge in [0.1, 0.15) is 0 Å². The number of hydrogen-bond acceptors (Lipinski definition) is 3. The molecule has 2 rings (SSSR count). The highest BCUT2D eigenvalue weighted by atomic mass is 15.3. The van der Waals surface area contributed by atoms with Crippen LogP contribution in [-0.2, 0) is 7.05 Å². The Kier molecular flexibility index (Phi) is 3.84. The first-order chi connectivity index (χ1) is 8.11. The summed E-state index contributed by atoms with van der Waals surface area (Å²) in [4.78, 5) is 2.57. The number of aromatic nitrogens is 2. The fraction of sp³-hybridized carbons (Fsp3) is 0.769. The standard InChI is InChI=1S/C13H24N4/c1-10-13(11(2)16(4)15-10)12(3)17-8-5-6-14-7-9-17/h12,14H,5-9H2,1-4H3. The van der Waals surface area contributed by atoms with E-state index in [1.165, 1.54) is 29.9 Å². The van der Waals surface area contributed by atoms with E-state index in [9.17, 15) is 0 Å². The maximum atomic E-state index is 4.52. The minimum Gasteiger partial charge on any atom is -0.315 e. The van der Waals surface area contributed by atoms with Crippen molar-refractivity contribution in [2.45, 2.75) is 33.2 Å². The first-order valence-electron chi connectivity index (χ1n) is 6.56. The van der Waals surface area contributed by atoms with Crippen molar-refractivity contribution in [1.29, 1.82) is 0 Å². The number of nitrogens with zero attached hydrogens (tertiary/aromatic N) is 3. The van der Waals surface area contributed by atoms with E-state index in [0.717, 1.165) is 19.6 Å². The molecule has 1 aromatic heterocycles. The van der Waals surface area contributed by atoms with Gasteiger partial charge in [0.2, 0.25) is 0 Å². The fourth-order valence-corrected chi connectivity index (χ4v) is 2.83. The second kappa shape index (κ2) is 5.19. The maximum absolute atomic E-state index is 4.52. The van der Waals surface area contributed by atoms with Crippen LogP contribution < -0.4 is 5.32 Å². The summed E-state index contributed by atoms with van der Waals surface area (Å²) in [6, 6.07) is 0.476. The zero-order chi connectivity index (χ0) is 12.4. The minimum absolute atomic E-state index is 0.476. The summed E-state index contributed by atoms with van der Waals surface area (Å²) in [7, 11) is 2.03. The van der Waals surface area contributed by atoms with E-state index in [-0.39, 0.29) is 0 Å². The van der Waals surface area contributed by atoms with Crippen LogP contribution in [0.3, 0.4) is 0 Å². The third kappa shape index (κ3) is 2.53. The predicted octanol–water partition coefficient (Wildman–Crippen LogP) is 1.39. The Balaban J connectivity index is 2.20. The van der Waals surface area contributed by atoms with Crippen LogP contribution in [0, 0.1) is 13.8 Å².